The second-order valence-electron chi connectivity index (χ2n) is 3.15. The lowest BCUT2D eigenvalue weighted by molar-refractivity contribution is -0.0329. The van der Waals surface area contributed by atoms with Crippen molar-refractivity contribution in [3.05, 3.63) is 27.7 Å². The van der Waals surface area contributed by atoms with E-state index in [0.717, 1.165) is 0 Å². The molecule has 0 amide bonds. The summed E-state index contributed by atoms with van der Waals surface area (Å²) < 4.78 is 41.0. The molecule has 0 atom stereocenters. The molecular weight excluding hydrogens is 376 g/mol. The molecular formula is C10H8BrCl2F3OS. The fourth-order valence-corrected chi connectivity index (χ4v) is 2.58. The van der Waals surface area contributed by atoms with E-state index in [2.05, 4.69) is 15.9 Å². The summed E-state index contributed by atoms with van der Waals surface area (Å²) in [6.07, 6.45) is 0. The van der Waals surface area contributed by atoms with Gasteiger partial charge in [0.05, 0.1) is 11.6 Å². The van der Waals surface area contributed by atoms with E-state index in [1.165, 1.54) is 6.07 Å². The summed E-state index contributed by atoms with van der Waals surface area (Å²) in [5.41, 5.74) is -3.55. The predicted molar refractivity (Wildman–Crippen MR) is 73.1 cm³/mol. The number of thioether (sulfide) groups is 1. The Morgan fingerprint density at radius 3 is 2.50 bits per heavy atom. The maximum absolute atomic E-state index is 11.9. The van der Waals surface area contributed by atoms with Gasteiger partial charge in [0.2, 0.25) is 0 Å². The van der Waals surface area contributed by atoms with Crippen molar-refractivity contribution in [3.63, 3.8) is 0 Å². The van der Waals surface area contributed by atoms with Crippen LogP contribution in [0.3, 0.4) is 0 Å². The molecule has 0 fully saturated rings. The van der Waals surface area contributed by atoms with Crippen molar-refractivity contribution in [2.75, 3.05) is 12.4 Å². The number of rotatable bonds is 5. The van der Waals surface area contributed by atoms with Crippen molar-refractivity contribution in [1.29, 1.82) is 0 Å². The van der Waals surface area contributed by atoms with Crippen molar-refractivity contribution in [3.8, 4) is 5.75 Å². The van der Waals surface area contributed by atoms with Crippen LogP contribution in [0.4, 0.5) is 13.2 Å². The highest BCUT2D eigenvalue weighted by Crippen LogP contribution is 2.34. The molecule has 102 valence electrons. The van der Waals surface area contributed by atoms with Gasteiger partial charge in [-0.3, -0.25) is 0 Å². The van der Waals surface area contributed by atoms with Crippen molar-refractivity contribution < 1.29 is 17.9 Å². The van der Waals surface area contributed by atoms with Crippen LogP contribution in [0.15, 0.2) is 12.1 Å². The van der Waals surface area contributed by atoms with Crippen LogP contribution in [0.2, 0.25) is 10.0 Å². The van der Waals surface area contributed by atoms with Crippen LogP contribution in [-0.4, -0.2) is 17.9 Å². The third-order valence-corrected chi connectivity index (χ3v) is 3.63. The summed E-state index contributed by atoms with van der Waals surface area (Å²) in [7, 11) is 0. The molecule has 0 aliphatic heterocycles. The van der Waals surface area contributed by atoms with Crippen LogP contribution in [0.1, 0.15) is 5.56 Å². The number of halogens is 6. The van der Waals surface area contributed by atoms with Gasteiger partial charge in [0.15, 0.2) is 0 Å². The van der Waals surface area contributed by atoms with Crippen LogP contribution in [0.5, 0.6) is 5.75 Å². The molecule has 1 rings (SSSR count). The number of alkyl halides is 4. The SMILES string of the molecule is FC(F)(F)SCCOc1c(Cl)cc(Cl)cc1CBr. The molecule has 0 saturated carbocycles. The maximum atomic E-state index is 11.9. The van der Waals surface area contributed by atoms with Gasteiger partial charge in [-0.15, -0.1) is 0 Å². The largest absolute Gasteiger partial charge is 0.491 e. The Hall–Kier alpha value is 0.220. The van der Waals surface area contributed by atoms with Crippen LogP contribution in [0.25, 0.3) is 0 Å². The second kappa shape index (κ2) is 7.12. The van der Waals surface area contributed by atoms with Gasteiger partial charge in [-0.1, -0.05) is 39.1 Å². The first-order valence-electron chi connectivity index (χ1n) is 4.71. The van der Waals surface area contributed by atoms with E-state index in [1.54, 1.807) is 6.07 Å². The lowest BCUT2D eigenvalue weighted by atomic mass is 10.2. The molecule has 0 spiro atoms. The molecule has 0 aliphatic rings. The number of hydrogen-bond acceptors (Lipinski definition) is 2. The van der Waals surface area contributed by atoms with Gasteiger partial charge in [0.1, 0.15) is 5.75 Å². The summed E-state index contributed by atoms with van der Waals surface area (Å²) in [5.74, 6) is 0.171. The summed E-state index contributed by atoms with van der Waals surface area (Å²) >= 11 is 14.8. The molecule has 0 N–H and O–H groups in total. The van der Waals surface area contributed by atoms with Gasteiger partial charge in [-0.05, 0) is 23.9 Å². The minimum absolute atomic E-state index is 0.0778. The Balaban J connectivity index is 2.62. The second-order valence-corrected chi connectivity index (χ2v) is 5.72. The fraction of sp³-hybridized carbons (Fsp3) is 0.400. The molecule has 0 saturated heterocycles. The van der Waals surface area contributed by atoms with E-state index in [0.29, 0.717) is 21.7 Å². The van der Waals surface area contributed by atoms with Crippen LogP contribution in [0, 0.1) is 0 Å². The Morgan fingerprint density at radius 1 is 1.28 bits per heavy atom. The normalized spacial score (nSPS) is 11.7. The molecule has 0 heterocycles. The number of benzene rings is 1. The first-order chi connectivity index (χ1) is 8.33. The highest BCUT2D eigenvalue weighted by Gasteiger charge is 2.27. The standard InChI is InChI=1S/C10H8BrCl2F3OS/c11-5-6-3-7(12)4-8(13)9(6)17-1-2-18-10(14,15)16/h3-4H,1-2,5H2. The van der Waals surface area contributed by atoms with Crippen LogP contribution in [-0.2, 0) is 5.33 Å². The lowest BCUT2D eigenvalue weighted by Gasteiger charge is -2.12. The highest BCUT2D eigenvalue weighted by molar-refractivity contribution is 9.08. The molecule has 1 nitrogen and oxygen atoms in total. The van der Waals surface area contributed by atoms with Crippen molar-refractivity contribution in [1.82, 2.24) is 0 Å². The van der Waals surface area contributed by atoms with E-state index in [4.69, 9.17) is 27.9 Å². The topological polar surface area (TPSA) is 9.23 Å². The molecule has 0 aliphatic carbocycles. The zero-order chi connectivity index (χ0) is 13.8. The fourth-order valence-electron chi connectivity index (χ4n) is 1.18. The van der Waals surface area contributed by atoms with Gasteiger partial charge >= 0.3 is 5.51 Å². The van der Waals surface area contributed by atoms with Gasteiger partial charge in [-0.25, -0.2) is 0 Å². The zero-order valence-electron chi connectivity index (χ0n) is 8.86. The van der Waals surface area contributed by atoms with E-state index >= 15 is 0 Å². The molecule has 0 aromatic heterocycles. The summed E-state index contributed by atoms with van der Waals surface area (Å²) in [6, 6.07) is 3.13. The monoisotopic (exact) mass is 382 g/mol. The van der Waals surface area contributed by atoms with E-state index in [1.807, 2.05) is 0 Å². The summed E-state index contributed by atoms with van der Waals surface area (Å²) in [6.45, 7) is -0.0778. The molecule has 18 heavy (non-hydrogen) atoms. The van der Waals surface area contributed by atoms with Gasteiger partial charge in [-0.2, -0.15) is 13.2 Å². The van der Waals surface area contributed by atoms with Gasteiger partial charge in [0.25, 0.3) is 0 Å². The minimum atomic E-state index is -4.24. The van der Waals surface area contributed by atoms with E-state index in [9.17, 15) is 13.2 Å². The average Bonchev–Trinajstić information content (AvgIpc) is 2.24. The Labute approximate surface area is 125 Å². The summed E-state index contributed by atoms with van der Waals surface area (Å²) in [4.78, 5) is 0. The van der Waals surface area contributed by atoms with Crippen LogP contribution < -0.4 is 4.74 Å². The van der Waals surface area contributed by atoms with Crippen LogP contribution >= 0.6 is 50.9 Å². The molecule has 0 unspecified atom stereocenters. The summed E-state index contributed by atoms with van der Waals surface area (Å²) in [5, 5.41) is 1.19. The van der Waals surface area contributed by atoms with Gasteiger partial charge in [0, 0.05) is 21.7 Å². The molecule has 8 heteroatoms. The highest BCUT2D eigenvalue weighted by atomic mass is 79.9. The first-order valence-corrected chi connectivity index (χ1v) is 7.57. The first kappa shape index (κ1) is 16.3. The van der Waals surface area contributed by atoms with Crippen molar-refractivity contribution >= 4 is 50.9 Å². The molecule has 1 aromatic rings. The zero-order valence-corrected chi connectivity index (χ0v) is 12.8. The quantitative estimate of drug-likeness (QED) is 0.489. The van der Waals surface area contributed by atoms with Gasteiger partial charge < -0.3 is 4.74 Å². The van der Waals surface area contributed by atoms with E-state index in [-0.39, 0.29) is 29.1 Å². The van der Waals surface area contributed by atoms with Crippen molar-refractivity contribution in [2.45, 2.75) is 10.8 Å². The van der Waals surface area contributed by atoms with Crippen molar-refractivity contribution in [2.24, 2.45) is 0 Å². The average molecular weight is 384 g/mol. The third-order valence-electron chi connectivity index (χ3n) is 1.82. The number of hydrogen-bond donors (Lipinski definition) is 0. The Morgan fingerprint density at radius 2 is 1.94 bits per heavy atom. The smallest absolute Gasteiger partial charge is 0.441 e. The molecule has 1 aromatic carbocycles. The third kappa shape index (κ3) is 5.47. The number of ether oxygens (including phenoxy) is 1. The van der Waals surface area contributed by atoms with E-state index < -0.39 is 5.51 Å². The Bertz CT molecular complexity index is 415. The predicted octanol–water partition coefficient (Wildman–Crippen LogP) is 5.52. The Kier molecular flexibility index (Phi) is 6.44. The lowest BCUT2D eigenvalue weighted by Crippen LogP contribution is -2.08. The molecule has 0 radical (unpaired) electrons. The maximum Gasteiger partial charge on any atom is 0.441 e. The minimum Gasteiger partial charge on any atom is -0.491 e. The molecule has 0 bridgehead atoms.